The van der Waals surface area contributed by atoms with E-state index in [0.717, 1.165) is 17.8 Å². The van der Waals surface area contributed by atoms with Gasteiger partial charge < -0.3 is 14.1 Å². The lowest BCUT2D eigenvalue weighted by Crippen LogP contribution is -2.28. The number of nitrogens with zero attached hydrogens (tertiary/aromatic N) is 2. The van der Waals surface area contributed by atoms with Gasteiger partial charge >= 0.3 is 0 Å². The molecule has 3 atom stereocenters. The van der Waals surface area contributed by atoms with Crippen LogP contribution in [0.2, 0.25) is 0 Å². The lowest BCUT2D eigenvalue weighted by molar-refractivity contribution is -0.123. The molecule has 0 unspecified atom stereocenters. The minimum absolute atomic E-state index is 0.00758. The van der Waals surface area contributed by atoms with Gasteiger partial charge in [-0.15, -0.1) is 0 Å². The number of pyridine rings is 1. The molecule has 0 saturated heterocycles. The Balaban J connectivity index is 1.30. The molecule has 3 heterocycles. The third-order valence-corrected chi connectivity index (χ3v) is 5.21. The molecule has 1 saturated carbocycles. The molecule has 5 rings (SSSR count). The summed E-state index contributed by atoms with van der Waals surface area (Å²) in [6.45, 7) is 1.87. The maximum atomic E-state index is 13.3. The van der Waals surface area contributed by atoms with E-state index in [1.807, 2.05) is 41.9 Å². The van der Waals surface area contributed by atoms with E-state index in [9.17, 15) is 9.18 Å². The van der Waals surface area contributed by atoms with Crippen LogP contribution in [0.4, 0.5) is 4.39 Å². The van der Waals surface area contributed by atoms with Crippen molar-refractivity contribution in [3.63, 3.8) is 0 Å². The summed E-state index contributed by atoms with van der Waals surface area (Å²) in [6, 6.07) is 11.8. The van der Waals surface area contributed by atoms with Crippen LogP contribution in [0.3, 0.4) is 0 Å². The number of benzene rings is 1. The number of amides is 1. The lowest BCUT2D eigenvalue weighted by Gasteiger charge is -2.11. The Hall–Kier alpha value is -3.15. The molecule has 1 amide bonds. The van der Waals surface area contributed by atoms with Gasteiger partial charge in [0, 0.05) is 23.4 Å². The number of furan rings is 1. The summed E-state index contributed by atoms with van der Waals surface area (Å²) in [5, 5.41) is 3.70. The minimum Gasteiger partial charge on any atom is -0.459 e. The van der Waals surface area contributed by atoms with Gasteiger partial charge in [-0.1, -0.05) is 6.07 Å². The number of nitrogens with one attached hydrogen (secondary N) is 1. The molecule has 1 N–H and O–H groups in total. The van der Waals surface area contributed by atoms with Crippen LogP contribution in [-0.2, 0) is 4.79 Å². The fourth-order valence-corrected chi connectivity index (χ4v) is 3.65. The van der Waals surface area contributed by atoms with Gasteiger partial charge in [0.05, 0.1) is 17.8 Å². The Kier molecular flexibility index (Phi) is 3.53. The second-order valence-electron chi connectivity index (χ2n) is 7.12. The molecular weight excluding hydrogens is 345 g/mol. The Bertz CT molecular complexity index is 1160. The number of carbonyl (C=O) groups is 1. The van der Waals surface area contributed by atoms with Crippen molar-refractivity contribution >= 4 is 22.4 Å². The molecule has 0 spiro atoms. The Morgan fingerprint density at radius 3 is 3.11 bits per heavy atom. The summed E-state index contributed by atoms with van der Waals surface area (Å²) < 4.78 is 21.1. The van der Waals surface area contributed by atoms with Gasteiger partial charge in [0.25, 0.3) is 0 Å². The van der Waals surface area contributed by atoms with E-state index in [4.69, 9.17) is 4.42 Å². The predicted octanol–water partition coefficient (Wildman–Crippen LogP) is 4.20. The highest BCUT2D eigenvalue weighted by Crippen LogP contribution is 2.47. The highest BCUT2D eigenvalue weighted by atomic mass is 19.1. The van der Waals surface area contributed by atoms with Gasteiger partial charge in [0.15, 0.2) is 0 Å². The standard InChI is InChI=1S/C21H18FN3O2/c1-12(19-9-13-8-14(22)5-6-18(13)27-19)24-21(26)17-10-16(17)20-23-11-15-4-2-3-7-25(15)20/h2-9,11-12,16-17H,10H2,1H3,(H,24,26)/t12-,16-,17+/m1/s1. The van der Waals surface area contributed by atoms with E-state index in [-0.39, 0.29) is 29.6 Å². The highest BCUT2D eigenvalue weighted by molar-refractivity contribution is 5.83. The average molecular weight is 363 g/mol. The van der Waals surface area contributed by atoms with Crippen LogP contribution in [0.1, 0.15) is 36.9 Å². The number of hydrogen-bond donors (Lipinski definition) is 1. The highest BCUT2D eigenvalue weighted by Gasteiger charge is 2.46. The molecule has 5 nitrogen and oxygen atoms in total. The number of carbonyl (C=O) groups excluding carboxylic acids is 1. The zero-order valence-corrected chi connectivity index (χ0v) is 14.7. The summed E-state index contributed by atoms with van der Waals surface area (Å²) in [5.41, 5.74) is 1.64. The van der Waals surface area contributed by atoms with E-state index >= 15 is 0 Å². The number of imidazole rings is 1. The molecule has 4 aromatic rings. The molecule has 1 aliphatic carbocycles. The van der Waals surface area contributed by atoms with Gasteiger partial charge in [-0.3, -0.25) is 4.79 Å². The number of aromatic nitrogens is 2. The van der Waals surface area contributed by atoms with Crippen molar-refractivity contribution in [2.75, 3.05) is 0 Å². The molecular formula is C21H18FN3O2. The summed E-state index contributed by atoms with van der Waals surface area (Å²) in [7, 11) is 0. The zero-order valence-electron chi connectivity index (χ0n) is 14.7. The van der Waals surface area contributed by atoms with Gasteiger partial charge in [0.1, 0.15) is 23.0 Å². The number of halogens is 1. The molecule has 1 aromatic carbocycles. The summed E-state index contributed by atoms with van der Waals surface area (Å²) >= 11 is 0. The maximum Gasteiger partial charge on any atom is 0.224 e. The Morgan fingerprint density at radius 2 is 2.22 bits per heavy atom. The molecule has 6 heteroatoms. The van der Waals surface area contributed by atoms with E-state index < -0.39 is 0 Å². The van der Waals surface area contributed by atoms with Gasteiger partial charge in [-0.2, -0.15) is 0 Å². The molecule has 0 aliphatic heterocycles. The third kappa shape index (κ3) is 2.77. The predicted molar refractivity (Wildman–Crippen MR) is 98.8 cm³/mol. The van der Waals surface area contributed by atoms with Crippen LogP contribution in [0.15, 0.2) is 59.3 Å². The topological polar surface area (TPSA) is 59.5 Å². The quantitative estimate of drug-likeness (QED) is 0.591. The van der Waals surface area contributed by atoms with Crippen molar-refractivity contribution in [3.05, 3.63) is 72.3 Å². The second kappa shape index (κ2) is 5.94. The van der Waals surface area contributed by atoms with Crippen molar-refractivity contribution in [1.82, 2.24) is 14.7 Å². The zero-order chi connectivity index (χ0) is 18.5. The van der Waals surface area contributed by atoms with Crippen LogP contribution in [0.25, 0.3) is 16.5 Å². The van der Waals surface area contributed by atoms with Crippen molar-refractivity contribution in [1.29, 1.82) is 0 Å². The fourth-order valence-electron chi connectivity index (χ4n) is 3.65. The largest absolute Gasteiger partial charge is 0.459 e. The van der Waals surface area contributed by atoms with Crippen LogP contribution < -0.4 is 5.32 Å². The lowest BCUT2D eigenvalue weighted by atomic mass is 10.2. The van der Waals surface area contributed by atoms with E-state index in [1.165, 1.54) is 12.1 Å². The van der Waals surface area contributed by atoms with Crippen molar-refractivity contribution < 1.29 is 13.6 Å². The minimum atomic E-state index is -0.306. The van der Waals surface area contributed by atoms with Gasteiger partial charge in [-0.05, 0) is 49.7 Å². The van der Waals surface area contributed by atoms with Crippen LogP contribution in [0, 0.1) is 11.7 Å². The van der Waals surface area contributed by atoms with Crippen molar-refractivity contribution in [2.45, 2.75) is 25.3 Å². The Labute approximate surface area is 154 Å². The molecule has 3 aromatic heterocycles. The summed E-state index contributed by atoms with van der Waals surface area (Å²) in [4.78, 5) is 17.1. The van der Waals surface area contributed by atoms with Crippen molar-refractivity contribution in [2.24, 2.45) is 5.92 Å². The number of rotatable bonds is 4. The Morgan fingerprint density at radius 1 is 1.33 bits per heavy atom. The van der Waals surface area contributed by atoms with Gasteiger partial charge in [0.2, 0.25) is 5.91 Å². The monoisotopic (exact) mass is 363 g/mol. The first-order valence-corrected chi connectivity index (χ1v) is 9.01. The van der Waals surface area contributed by atoms with Crippen LogP contribution >= 0.6 is 0 Å². The molecule has 0 radical (unpaired) electrons. The molecule has 136 valence electrons. The molecule has 1 aliphatic rings. The van der Waals surface area contributed by atoms with E-state index in [2.05, 4.69) is 10.3 Å². The van der Waals surface area contributed by atoms with Gasteiger partial charge in [-0.25, -0.2) is 9.37 Å². The average Bonchev–Trinajstić information content (AvgIpc) is 3.16. The number of fused-ring (bicyclic) bond motifs is 2. The first kappa shape index (κ1) is 16.1. The number of hydrogen-bond acceptors (Lipinski definition) is 3. The van der Waals surface area contributed by atoms with Crippen LogP contribution in [0.5, 0.6) is 0 Å². The normalized spacial score (nSPS) is 20.1. The third-order valence-electron chi connectivity index (χ3n) is 5.21. The SMILES string of the molecule is C[C@@H](NC(=O)[C@H]1C[C@H]1c1ncc2ccccn12)c1cc2cc(F)ccc2o1. The smallest absolute Gasteiger partial charge is 0.224 e. The first-order chi connectivity index (χ1) is 13.1. The molecule has 1 fully saturated rings. The van der Waals surface area contributed by atoms with E-state index in [0.29, 0.717) is 16.7 Å². The van der Waals surface area contributed by atoms with Crippen LogP contribution in [-0.4, -0.2) is 15.3 Å². The molecule has 0 bridgehead atoms. The van der Waals surface area contributed by atoms with E-state index in [1.54, 1.807) is 12.1 Å². The van der Waals surface area contributed by atoms with Crippen molar-refractivity contribution in [3.8, 4) is 0 Å². The first-order valence-electron chi connectivity index (χ1n) is 9.01. The fraction of sp³-hybridized carbons (Fsp3) is 0.238. The molecule has 27 heavy (non-hydrogen) atoms. The summed E-state index contributed by atoms with van der Waals surface area (Å²) in [6.07, 6.45) is 4.60. The maximum absolute atomic E-state index is 13.3. The summed E-state index contributed by atoms with van der Waals surface area (Å²) in [5.74, 6) is 1.28. The second-order valence-corrected chi connectivity index (χ2v) is 7.12.